The van der Waals surface area contributed by atoms with E-state index in [9.17, 15) is 5.11 Å². The zero-order chi connectivity index (χ0) is 11.5. The van der Waals surface area contributed by atoms with E-state index in [1.54, 1.807) is 18.3 Å². The monoisotopic (exact) mass is 270 g/mol. The molecule has 0 heterocycles. The van der Waals surface area contributed by atoms with Crippen molar-refractivity contribution in [3.05, 3.63) is 28.2 Å². The molecule has 0 fully saturated rings. The molecule has 0 bridgehead atoms. The molecular weight excluding hydrogens is 256 g/mol. The molecule has 1 aromatic rings. The fraction of sp³-hybridized carbons (Fsp3) is 0.364. The van der Waals surface area contributed by atoms with Gasteiger partial charge in [0, 0.05) is 21.8 Å². The van der Waals surface area contributed by atoms with Gasteiger partial charge in [-0.15, -0.1) is 0 Å². The second-order valence-corrected chi connectivity index (χ2v) is 5.08. The van der Waals surface area contributed by atoms with Gasteiger partial charge in [-0.25, -0.2) is 0 Å². The number of aliphatic imine (C=N–C) groups is 1. The van der Waals surface area contributed by atoms with E-state index >= 15 is 0 Å². The first-order valence-corrected chi connectivity index (χ1v) is 5.45. The molecule has 0 atom stereocenters. The van der Waals surface area contributed by atoms with Crippen LogP contribution in [0.2, 0.25) is 0 Å². The van der Waals surface area contributed by atoms with Crippen LogP contribution in [0.4, 0.5) is 0 Å². The van der Waals surface area contributed by atoms with Crippen LogP contribution in [0, 0.1) is 0 Å². The predicted molar refractivity (Wildman–Crippen MR) is 66.5 cm³/mol. The Morgan fingerprint density at radius 3 is 2.80 bits per heavy atom. The van der Waals surface area contributed by atoms with Gasteiger partial charge < -0.3 is 10.8 Å². The summed E-state index contributed by atoms with van der Waals surface area (Å²) in [5, 5.41) is 9.52. The number of benzene rings is 1. The second kappa shape index (κ2) is 4.77. The topological polar surface area (TPSA) is 58.6 Å². The molecule has 0 saturated heterocycles. The average Bonchev–Trinajstić information content (AvgIpc) is 2.09. The molecule has 0 saturated carbocycles. The maximum absolute atomic E-state index is 9.52. The molecular formula is C11H15BrN2O. The van der Waals surface area contributed by atoms with Crippen molar-refractivity contribution in [2.24, 2.45) is 10.7 Å². The summed E-state index contributed by atoms with van der Waals surface area (Å²) in [7, 11) is 0. The summed E-state index contributed by atoms with van der Waals surface area (Å²) >= 11 is 3.33. The zero-order valence-corrected chi connectivity index (χ0v) is 10.5. The molecule has 82 valence electrons. The number of nitrogens with two attached hydrogens (primary N) is 1. The number of halogens is 1. The normalized spacial score (nSPS) is 12.3. The lowest BCUT2D eigenvalue weighted by Crippen LogP contribution is -2.35. The minimum atomic E-state index is -0.321. The summed E-state index contributed by atoms with van der Waals surface area (Å²) in [6.07, 6.45) is 1.63. The predicted octanol–water partition coefficient (Wildman–Crippen LogP) is 2.31. The Kier molecular flexibility index (Phi) is 3.88. The quantitative estimate of drug-likeness (QED) is 0.829. The Balaban J connectivity index is 2.76. The molecule has 3 nitrogen and oxygen atoms in total. The molecule has 0 spiro atoms. The average molecular weight is 271 g/mol. The smallest absolute Gasteiger partial charge is 0.124 e. The van der Waals surface area contributed by atoms with Crippen molar-refractivity contribution in [2.75, 3.05) is 6.54 Å². The first kappa shape index (κ1) is 12.2. The van der Waals surface area contributed by atoms with Gasteiger partial charge in [0.05, 0.1) is 6.54 Å². The summed E-state index contributed by atoms with van der Waals surface area (Å²) in [6, 6.07) is 5.21. The van der Waals surface area contributed by atoms with E-state index in [1.807, 2.05) is 19.9 Å². The molecule has 4 heteroatoms. The molecule has 0 amide bonds. The van der Waals surface area contributed by atoms with E-state index in [0.717, 1.165) is 4.47 Å². The highest BCUT2D eigenvalue weighted by Gasteiger charge is 2.08. The van der Waals surface area contributed by atoms with E-state index < -0.39 is 0 Å². The highest BCUT2D eigenvalue weighted by molar-refractivity contribution is 9.10. The van der Waals surface area contributed by atoms with Crippen LogP contribution in [-0.2, 0) is 0 Å². The number of hydrogen-bond donors (Lipinski definition) is 2. The SMILES string of the molecule is CC(C)(N)CN=Cc1cc(Br)ccc1O. The van der Waals surface area contributed by atoms with E-state index in [1.165, 1.54) is 0 Å². The molecule has 0 unspecified atom stereocenters. The minimum Gasteiger partial charge on any atom is -0.507 e. The first-order valence-electron chi connectivity index (χ1n) is 4.66. The summed E-state index contributed by atoms with van der Waals surface area (Å²) in [5.41, 5.74) is 6.15. The molecule has 0 aliphatic heterocycles. The van der Waals surface area contributed by atoms with Gasteiger partial charge in [-0.05, 0) is 32.0 Å². The van der Waals surface area contributed by atoms with Crippen LogP contribution in [0.1, 0.15) is 19.4 Å². The third-order valence-electron chi connectivity index (χ3n) is 1.72. The summed E-state index contributed by atoms with van der Waals surface area (Å²) in [5.74, 6) is 0.219. The molecule has 3 N–H and O–H groups in total. The van der Waals surface area contributed by atoms with Crippen molar-refractivity contribution in [1.82, 2.24) is 0 Å². The van der Waals surface area contributed by atoms with E-state index in [0.29, 0.717) is 12.1 Å². The largest absolute Gasteiger partial charge is 0.507 e. The third kappa shape index (κ3) is 4.44. The van der Waals surface area contributed by atoms with E-state index in [4.69, 9.17) is 5.73 Å². The van der Waals surface area contributed by atoms with Crippen LogP contribution in [-0.4, -0.2) is 23.4 Å². The highest BCUT2D eigenvalue weighted by Crippen LogP contribution is 2.20. The summed E-state index contributed by atoms with van der Waals surface area (Å²) in [4.78, 5) is 4.18. The van der Waals surface area contributed by atoms with Crippen molar-refractivity contribution >= 4 is 22.1 Å². The second-order valence-electron chi connectivity index (χ2n) is 4.16. The minimum absolute atomic E-state index is 0.219. The third-order valence-corrected chi connectivity index (χ3v) is 2.21. The Hall–Kier alpha value is -0.870. The van der Waals surface area contributed by atoms with Gasteiger partial charge in [-0.3, -0.25) is 4.99 Å². The van der Waals surface area contributed by atoms with Gasteiger partial charge in [0.1, 0.15) is 5.75 Å². The lowest BCUT2D eigenvalue weighted by Gasteiger charge is -2.14. The van der Waals surface area contributed by atoms with Gasteiger partial charge in [-0.1, -0.05) is 15.9 Å². The Morgan fingerprint density at radius 2 is 2.20 bits per heavy atom. The van der Waals surface area contributed by atoms with E-state index in [-0.39, 0.29) is 11.3 Å². The number of rotatable bonds is 3. The number of nitrogens with zero attached hydrogens (tertiary/aromatic N) is 1. The number of aromatic hydroxyl groups is 1. The van der Waals surface area contributed by atoms with Crippen molar-refractivity contribution in [1.29, 1.82) is 0 Å². The van der Waals surface area contributed by atoms with Gasteiger partial charge in [0.25, 0.3) is 0 Å². The fourth-order valence-electron chi connectivity index (χ4n) is 1.01. The lowest BCUT2D eigenvalue weighted by molar-refractivity contribution is 0.474. The summed E-state index contributed by atoms with van der Waals surface area (Å²) in [6.45, 7) is 4.34. The molecule has 0 aliphatic carbocycles. The van der Waals surface area contributed by atoms with Crippen molar-refractivity contribution < 1.29 is 5.11 Å². The Bertz CT molecular complexity index is 369. The fourth-order valence-corrected chi connectivity index (χ4v) is 1.39. The number of hydrogen-bond acceptors (Lipinski definition) is 3. The van der Waals surface area contributed by atoms with E-state index in [2.05, 4.69) is 20.9 Å². The van der Waals surface area contributed by atoms with Gasteiger partial charge in [0.15, 0.2) is 0 Å². The maximum atomic E-state index is 9.52. The Labute approximate surface area is 98.2 Å². The highest BCUT2D eigenvalue weighted by atomic mass is 79.9. The number of phenolic OH excluding ortho intramolecular Hbond substituents is 1. The van der Waals surface area contributed by atoms with Gasteiger partial charge in [-0.2, -0.15) is 0 Å². The van der Waals surface area contributed by atoms with Crippen LogP contribution in [0.25, 0.3) is 0 Å². The molecule has 0 radical (unpaired) electrons. The van der Waals surface area contributed by atoms with Crippen LogP contribution >= 0.6 is 15.9 Å². The first-order chi connectivity index (χ1) is 6.88. The zero-order valence-electron chi connectivity index (χ0n) is 8.87. The molecule has 15 heavy (non-hydrogen) atoms. The van der Waals surface area contributed by atoms with Crippen LogP contribution < -0.4 is 5.73 Å². The maximum Gasteiger partial charge on any atom is 0.124 e. The molecule has 1 rings (SSSR count). The molecule has 0 aliphatic rings. The van der Waals surface area contributed by atoms with Crippen molar-refractivity contribution in [2.45, 2.75) is 19.4 Å². The Morgan fingerprint density at radius 1 is 1.53 bits per heavy atom. The van der Waals surface area contributed by atoms with Crippen LogP contribution in [0.15, 0.2) is 27.7 Å². The van der Waals surface area contributed by atoms with Gasteiger partial charge in [0.2, 0.25) is 0 Å². The van der Waals surface area contributed by atoms with Crippen LogP contribution in [0.3, 0.4) is 0 Å². The number of phenols is 1. The lowest BCUT2D eigenvalue weighted by atomic mass is 10.1. The molecule has 0 aromatic heterocycles. The van der Waals surface area contributed by atoms with Gasteiger partial charge >= 0.3 is 0 Å². The summed E-state index contributed by atoms with van der Waals surface area (Å²) < 4.78 is 0.911. The van der Waals surface area contributed by atoms with Crippen molar-refractivity contribution in [3.63, 3.8) is 0 Å². The van der Waals surface area contributed by atoms with Crippen LogP contribution in [0.5, 0.6) is 5.75 Å². The molecule has 1 aromatic carbocycles. The standard InChI is InChI=1S/C11H15BrN2O/c1-11(2,13)7-14-6-8-5-9(12)3-4-10(8)15/h3-6,15H,7,13H2,1-2H3. The van der Waals surface area contributed by atoms with Crippen molar-refractivity contribution in [3.8, 4) is 5.75 Å².